The molecule has 2 rings (SSSR count). The van der Waals surface area contributed by atoms with Crippen LogP contribution < -0.4 is 5.32 Å². The molecule has 0 aliphatic rings. The molecule has 2 heterocycles. The molecule has 20 heavy (non-hydrogen) atoms. The molecule has 0 aliphatic heterocycles. The van der Waals surface area contributed by atoms with E-state index in [-0.39, 0.29) is 6.04 Å². The average Bonchev–Trinajstić information content (AvgIpc) is 2.81. The van der Waals surface area contributed by atoms with Crippen molar-refractivity contribution in [2.75, 3.05) is 7.05 Å². The number of hydrogen-bond donors (Lipinski definition) is 1. The number of aromatic nitrogens is 3. The van der Waals surface area contributed by atoms with E-state index in [9.17, 15) is 13.2 Å². The van der Waals surface area contributed by atoms with Crippen LogP contribution in [0.15, 0.2) is 30.7 Å². The number of aryl methyl sites for hydroxylation is 1. The van der Waals surface area contributed by atoms with Crippen LogP contribution in [0.25, 0.3) is 0 Å². The summed E-state index contributed by atoms with van der Waals surface area (Å²) in [5, 5.41) is 7.12. The molecular weight excluding hydrogens is 269 g/mol. The quantitative estimate of drug-likeness (QED) is 0.937. The van der Waals surface area contributed by atoms with Crippen LogP contribution in [0.3, 0.4) is 0 Å². The van der Waals surface area contributed by atoms with Crippen molar-refractivity contribution >= 4 is 0 Å². The molecule has 0 aliphatic carbocycles. The van der Waals surface area contributed by atoms with Gasteiger partial charge in [0.25, 0.3) is 0 Å². The van der Waals surface area contributed by atoms with Crippen molar-refractivity contribution in [2.45, 2.75) is 18.6 Å². The first-order chi connectivity index (χ1) is 9.40. The maximum atomic E-state index is 12.5. The van der Waals surface area contributed by atoms with Crippen molar-refractivity contribution in [1.29, 1.82) is 0 Å². The Labute approximate surface area is 114 Å². The molecule has 0 spiro atoms. The highest BCUT2D eigenvalue weighted by atomic mass is 19.4. The van der Waals surface area contributed by atoms with Crippen molar-refractivity contribution in [3.8, 4) is 0 Å². The van der Waals surface area contributed by atoms with Crippen molar-refractivity contribution in [3.05, 3.63) is 47.5 Å². The largest absolute Gasteiger partial charge is 0.417 e. The molecule has 0 fully saturated rings. The van der Waals surface area contributed by atoms with E-state index in [0.29, 0.717) is 12.1 Å². The van der Waals surface area contributed by atoms with E-state index in [4.69, 9.17) is 0 Å². The zero-order valence-corrected chi connectivity index (χ0v) is 11.1. The van der Waals surface area contributed by atoms with E-state index < -0.39 is 11.7 Å². The molecule has 0 amide bonds. The second kappa shape index (κ2) is 5.62. The summed E-state index contributed by atoms with van der Waals surface area (Å²) in [7, 11) is 3.56. The standard InChI is InChI=1S/C13H15F3N4/c1-17-12(5-9-6-19-20(2)8-9)11-4-3-10(7-18-11)13(14,15)16/h3-4,6-8,12,17H,5H2,1-2H3. The van der Waals surface area contributed by atoms with Crippen LogP contribution >= 0.6 is 0 Å². The van der Waals surface area contributed by atoms with Crippen LogP contribution in [0, 0.1) is 0 Å². The molecule has 1 atom stereocenters. The maximum Gasteiger partial charge on any atom is 0.417 e. The highest BCUT2D eigenvalue weighted by Gasteiger charge is 2.30. The van der Waals surface area contributed by atoms with Crippen LogP contribution in [0.5, 0.6) is 0 Å². The zero-order valence-electron chi connectivity index (χ0n) is 11.1. The van der Waals surface area contributed by atoms with E-state index in [2.05, 4.69) is 15.4 Å². The number of likely N-dealkylation sites (N-methyl/N-ethyl adjacent to an activating group) is 1. The Morgan fingerprint density at radius 3 is 2.50 bits per heavy atom. The topological polar surface area (TPSA) is 42.7 Å². The third-order valence-electron chi connectivity index (χ3n) is 3.02. The summed E-state index contributed by atoms with van der Waals surface area (Å²) in [6, 6.07) is 2.30. The van der Waals surface area contributed by atoms with Gasteiger partial charge in [0.2, 0.25) is 0 Å². The molecule has 1 unspecified atom stereocenters. The van der Waals surface area contributed by atoms with E-state index in [0.717, 1.165) is 17.8 Å². The van der Waals surface area contributed by atoms with Crippen LogP contribution in [0.4, 0.5) is 13.2 Å². The van der Waals surface area contributed by atoms with Crippen molar-refractivity contribution < 1.29 is 13.2 Å². The molecule has 7 heteroatoms. The Balaban J connectivity index is 2.15. The van der Waals surface area contributed by atoms with Crippen LogP contribution in [0.2, 0.25) is 0 Å². The fourth-order valence-electron chi connectivity index (χ4n) is 1.95. The lowest BCUT2D eigenvalue weighted by molar-refractivity contribution is -0.137. The molecule has 0 aromatic carbocycles. The zero-order chi connectivity index (χ0) is 14.8. The van der Waals surface area contributed by atoms with Gasteiger partial charge in [-0.2, -0.15) is 18.3 Å². The van der Waals surface area contributed by atoms with Gasteiger partial charge in [0.1, 0.15) is 0 Å². The van der Waals surface area contributed by atoms with Gasteiger partial charge in [-0.25, -0.2) is 0 Å². The predicted molar refractivity (Wildman–Crippen MR) is 68.0 cm³/mol. The van der Waals surface area contributed by atoms with E-state index in [1.165, 1.54) is 6.07 Å². The summed E-state index contributed by atoms with van der Waals surface area (Å²) in [5.41, 5.74) is 0.829. The minimum atomic E-state index is -4.36. The first-order valence-corrected chi connectivity index (χ1v) is 6.08. The third kappa shape index (κ3) is 3.36. The second-order valence-corrected chi connectivity index (χ2v) is 4.54. The van der Waals surface area contributed by atoms with E-state index >= 15 is 0 Å². The molecule has 4 nitrogen and oxygen atoms in total. The highest BCUT2D eigenvalue weighted by molar-refractivity contribution is 5.20. The highest BCUT2D eigenvalue weighted by Crippen LogP contribution is 2.29. The van der Waals surface area contributed by atoms with Crippen LogP contribution in [-0.2, 0) is 19.6 Å². The minimum Gasteiger partial charge on any atom is -0.311 e. The van der Waals surface area contributed by atoms with Gasteiger partial charge in [0.05, 0.1) is 23.5 Å². The number of pyridine rings is 1. The molecule has 0 saturated heterocycles. The van der Waals surface area contributed by atoms with Gasteiger partial charge in [0.15, 0.2) is 0 Å². The SMILES string of the molecule is CNC(Cc1cnn(C)c1)c1ccc(C(F)(F)F)cn1. The smallest absolute Gasteiger partial charge is 0.311 e. The van der Waals surface area contributed by atoms with Gasteiger partial charge in [-0.3, -0.25) is 9.67 Å². The lowest BCUT2D eigenvalue weighted by Gasteiger charge is -2.15. The number of nitrogens with zero attached hydrogens (tertiary/aromatic N) is 3. The molecule has 0 saturated carbocycles. The van der Waals surface area contributed by atoms with Crippen molar-refractivity contribution in [2.24, 2.45) is 7.05 Å². The summed E-state index contributed by atoms with van der Waals surface area (Å²) in [6.07, 6.45) is 0.721. The van der Waals surface area contributed by atoms with Gasteiger partial charge in [-0.15, -0.1) is 0 Å². The van der Waals surface area contributed by atoms with Crippen molar-refractivity contribution in [1.82, 2.24) is 20.1 Å². The first kappa shape index (κ1) is 14.5. The molecule has 0 radical (unpaired) electrons. The van der Waals surface area contributed by atoms with E-state index in [1.54, 1.807) is 17.9 Å². The monoisotopic (exact) mass is 284 g/mol. The van der Waals surface area contributed by atoms with E-state index in [1.807, 2.05) is 13.2 Å². The third-order valence-corrected chi connectivity index (χ3v) is 3.02. The molecule has 0 bridgehead atoms. The maximum absolute atomic E-state index is 12.5. The summed E-state index contributed by atoms with van der Waals surface area (Å²) in [5.74, 6) is 0. The summed E-state index contributed by atoms with van der Waals surface area (Å²) >= 11 is 0. The molecule has 2 aromatic rings. The minimum absolute atomic E-state index is 0.151. The van der Waals surface area contributed by atoms with Crippen LogP contribution in [-0.4, -0.2) is 21.8 Å². The number of hydrogen-bond acceptors (Lipinski definition) is 3. The Morgan fingerprint density at radius 1 is 1.30 bits per heavy atom. The fourth-order valence-corrected chi connectivity index (χ4v) is 1.95. The summed E-state index contributed by atoms with van der Waals surface area (Å²) in [4.78, 5) is 3.91. The van der Waals surface area contributed by atoms with Crippen molar-refractivity contribution in [3.63, 3.8) is 0 Å². The van der Waals surface area contributed by atoms with Crippen LogP contribution in [0.1, 0.15) is 22.9 Å². The average molecular weight is 284 g/mol. The Bertz CT molecular complexity index is 560. The Kier molecular flexibility index (Phi) is 4.08. The van der Waals surface area contributed by atoms with Gasteiger partial charge in [0, 0.05) is 19.4 Å². The Morgan fingerprint density at radius 2 is 2.05 bits per heavy atom. The Hall–Kier alpha value is -1.89. The predicted octanol–water partition coefficient (Wildman–Crippen LogP) is 2.34. The first-order valence-electron chi connectivity index (χ1n) is 6.08. The molecule has 2 aromatic heterocycles. The summed E-state index contributed by atoms with van der Waals surface area (Å²) in [6.45, 7) is 0. The van der Waals surface area contributed by atoms with Gasteiger partial charge >= 0.3 is 6.18 Å². The lowest BCUT2D eigenvalue weighted by Crippen LogP contribution is -2.20. The summed E-state index contributed by atoms with van der Waals surface area (Å²) < 4.78 is 39.1. The van der Waals surface area contributed by atoms with Gasteiger partial charge in [-0.1, -0.05) is 0 Å². The number of nitrogens with one attached hydrogen (secondary N) is 1. The fraction of sp³-hybridized carbons (Fsp3) is 0.385. The number of rotatable bonds is 4. The van der Waals surface area contributed by atoms with Gasteiger partial charge in [-0.05, 0) is 31.2 Å². The number of alkyl halides is 3. The lowest BCUT2D eigenvalue weighted by atomic mass is 10.1. The van der Waals surface area contributed by atoms with Gasteiger partial charge < -0.3 is 5.32 Å². The molecule has 1 N–H and O–H groups in total. The molecule has 108 valence electrons. The number of halogens is 3. The second-order valence-electron chi connectivity index (χ2n) is 4.54. The normalized spacial score (nSPS) is 13.4. The molecular formula is C13H15F3N4.